The van der Waals surface area contributed by atoms with E-state index < -0.39 is 18.8 Å². The van der Waals surface area contributed by atoms with E-state index in [2.05, 4.69) is 10.3 Å². The van der Waals surface area contributed by atoms with Gasteiger partial charge in [0.25, 0.3) is 0 Å². The topological polar surface area (TPSA) is 91.7 Å². The first-order chi connectivity index (χ1) is 9.67. The molecule has 6 nitrogen and oxygen atoms in total. The first kappa shape index (κ1) is 15.7. The van der Waals surface area contributed by atoms with Gasteiger partial charge < -0.3 is 14.8 Å². The van der Waals surface area contributed by atoms with Crippen molar-refractivity contribution in [2.75, 3.05) is 5.32 Å². The van der Waals surface area contributed by atoms with Crippen molar-refractivity contribution in [1.82, 2.24) is 4.98 Å². The summed E-state index contributed by atoms with van der Waals surface area (Å²) in [6, 6.07) is 3.61. The van der Waals surface area contributed by atoms with Crippen LogP contribution in [0.5, 0.6) is 0 Å². The standard InChI is InChI=1S/C13H17BN2O4S/c1-7-5-6-8-10(9(7)14(18)19)15-11(21-8)16-12(17)20-13(2,3)4/h5-6,18-19H,1-4H3,(H,15,16,17). The number of amides is 1. The molecule has 3 N–H and O–H groups in total. The maximum Gasteiger partial charge on any atom is 0.490 e. The van der Waals surface area contributed by atoms with Crippen LogP contribution in [0.2, 0.25) is 0 Å². The number of hydrogen-bond donors (Lipinski definition) is 3. The van der Waals surface area contributed by atoms with Gasteiger partial charge >= 0.3 is 13.2 Å². The Balaban J connectivity index is 2.31. The van der Waals surface area contributed by atoms with Gasteiger partial charge in [0, 0.05) is 5.46 Å². The predicted octanol–water partition coefficient (Wildman–Crippen LogP) is 1.63. The van der Waals surface area contributed by atoms with Crippen molar-refractivity contribution < 1.29 is 19.6 Å². The van der Waals surface area contributed by atoms with Crippen LogP contribution in [0.25, 0.3) is 10.2 Å². The largest absolute Gasteiger partial charge is 0.490 e. The molecule has 1 heterocycles. The highest BCUT2D eigenvalue weighted by Crippen LogP contribution is 2.26. The van der Waals surface area contributed by atoms with Gasteiger partial charge in [-0.15, -0.1) is 0 Å². The average Bonchev–Trinajstić information content (AvgIpc) is 2.67. The van der Waals surface area contributed by atoms with Gasteiger partial charge in [0.05, 0.1) is 10.2 Å². The molecule has 0 saturated carbocycles. The lowest BCUT2D eigenvalue weighted by atomic mass is 9.76. The van der Waals surface area contributed by atoms with Gasteiger partial charge in [-0.3, -0.25) is 5.32 Å². The van der Waals surface area contributed by atoms with Crippen LogP contribution in [0.3, 0.4) is 0 Å². The second-order valence-electron chi connectivity index (χ2n) is 5.66. The monoisotopic (exact) mass is 308 g/mol. The average molecular weight is 308 g/mol. The third kappa shape index (κ3) is 3.72. The molecule has 0 aliphatic carbocycles. The number of fused-ring (bicyclic) bond motifs is 1. The highest BCUT2D eigenvalue weighted by Gasteiger charge is 2.22. The molecule has 21 heavy (non-hydrogen) atoms. The predicted molar refractivity (Wildman–Crippen MR) is 84.0 cm³/mol. The molecule has 0 aliphatic rings. The summed E-state index contributed by atoms with van der Waals surface area (Å²) in [5, 5.41) is 21.8. The zero-order valence-electron chi connectivity index (χ0n) is 12.3. The summed E-state index contributed by atoms with van der Waals surface area (Å²) < 4.78 is 5.92. The van der Waals surface area contributed by atoms with E-state index in [1.807, 2.05) is 6.07 Å². The Kier molecular flexibility index (Phi) is 4.22. The number of nitrogens with one attached hydrogen (secondary N) is 1. The van der Waals surface area contributed by atoms with E-state index in [0.29, 0.717) is 16.1 Å². The molecule has 0 atom stereocenters. The van der Waals surface area contributed by atoms with Gasteiger partial charge in [-0.1, -0.05) is 17.4 Å². The number of aromatic nitrogens is 1. The Hall–Kier alpha value is -1.64. The molecule has 2 rings (SSSR count). The van der Waals surface area contributed by atoms with Gasteiger partial charge in [0.15, 0.2) is 5.13 Å². The van der Waals surface area contributed by atoms with Crippen molar-refractivity contribution in [3.8, 4) is 0 Å². The van der Waals surface area contributed by atoms with Crippen molar-refractivity contribution in [1.29, 1.82) is 0 Å². The number of thiazole rings is 1. The minimum absolute atomic E-state index is 0.348. The Bertz CT molecular complexity index is 679. The van der Waals surface area contributed by atoms with Crippen molar-refractivity contribution in [2.24, 2.45) is 0 Å². The fourth-order valence-corrected chi connectivity index (χ4v) is 2.75. The second-order valence-corrected chi connectivity index (χ2v) is 6.69. The number of carbonyl (C=O) groups excluding carboxylic acids is 1. The molecule has 0 bridgehead atoms. The van der Waals surface area contributed by atoms with Crippen LogP contribution in [-0.2, 0) is 4.74 Å². The Morgan fingerprint density at radius 1 is 1.38 bits per heavy atom. The Morgan fingerprint density at radius 2 is 2.05 bits per heavy atom. The third-order valence-corrected chi connectivity index (χ3v) is 3.62. The summed E-state index contributed by atoms with van der Waals surface area (Å²) in [5.74, 6) is 0. The minimum Gasteiger partial charge on any atom is -0.444 e. The van der Waals surface area contributed by atoms with E-state index in [9.17, 15) is 14.8 Å². The quantitative estimate of drug-likeness (QED) is 0.734. The molecule has 1 amide bonds. The maximum absolute atomic E-state index is 11.7. The minimum atomic E-state index is -1.61. The van der Waals surface area contributed by atoms with Gasteiger partial charge in [0.2, 0.25) is 0 Å². The third-order valence-electron chi connectivity index (χ3n) is 2.68. The summed E-state index contributed by atoms with van der Waals surface area (Å²) in [7, 11) is -1.61. The molecule has 0 saturated heterocycles. The van der Waals surface area contributed by atoms with Crippen molar-refractivity contribution in [3.63, 3.8) is 0 Å². The summed E-state index contributed by atoms with van der Waals surface area (Å²) in [6.07, 6.45) is -0.593. The van der Waals surface area contributed by atoms with E-state index >= 15 is 0 Å². The lowest BCUT2D eigenvalue weighted by Gasteiger charge is -2.18. The van der Waals surface area contributed by atoms with Gasteiger partial charge in [-0.05, 0) is 39.3 Å². The van der Waals surface area contributed by atoms with Crippen molar-refractivity contribution >= 4 is 45.4 Å². The number of hydrogen-bond acceptors (Lipinski definition) is 6. The molecule has 0 aliphatic heterocycles. The number of benzene rings is 1. The highest BCUT2D eigenvalue weighted by atomic mass is 32.1. The van der Waals surface area contributed by atoms with Gasteiger partial charge in [0.1, 0.15) is 5.60 Å². The smallest absolute Gasteiger partial charge is 0.444 e. The van der Waals surface area contributed by atoms with E-state index in [4.69, 9.17) is 4.74 Å². The SMILES string of the molecule is Cc1ccc2sc(NC(=O)OC(C)(C)C)nc2c1B(O)O. The first-order valence-corrected chi connectivity index (χ1v) is 7.25. The second kappa shape index (κ2) is 5.63. The summed E-state index contributed by atoms with van der Waals surface area (Å²) >= 11 is 1.25. The van der Waals surface area contributed by atoms with Crippen LogP contribution >= 0.6 is 11.3 Å². The molecule has 112 valence electrons. The Morgan fingerprint density at radius 3 is 2.62 bits per heavy atom. The molecule has 8 heteroatoms. The molecule has 1 aromatic heterocycles. The number of nitrogens with zero attached hydrogens (tertiary/aromatic N) is 1. The molecule has 0 radical (unpaired) electrons. The summed E-state index contributed by atoms with van der Waals surface area (Å²) in [4.78, 5) is 16.0. The van der Waals surface area contributed by atoms with E-state index in [0.717, 1.165) is 10.3 Å². The van der Waals surface area contributed by atoms with E-state index in [1.165, 1.54) is 11.3 Å². The number of aryl methyl sites for hydroxylation is 1. The highest BCUT2D eigenvalue weighted by molar-refractivity contribution is 7.22. The van der Waals surface area contributed by atoms with Crippen LogP contribution in [0.4, 0.5) is 9.93 Å². The van der Waals surface area contributed by atoms with Crippen LogP contribution in [-0.4, -0.2) is 33.8 Å². The molecule has 0 fully saturated rings. The lowest BCUT2D eigenvalue weighted by molar-refractivity contribution is 0.0636. The number of carbonyl (C=O) groups is 1. The lowest BCUT2D eigenvalue weighted by Crippen LogP contribution is -2.33. The molecular weight excluding hydrogens is 291 g/mol. The molecule has 0 unspecified atom stereocenters. The van der Waals surface area contributed by atoms with E-state index in [1.54, 1.807) is 33.8 Å². The fourth-order valence-electron chi connectivity index (χ4n) is 1.89. The zero-order chi connectivity index (χ0) is 15.8. The van der Waals surface area contributed by atoms with Gasteiger partial charge in [-0.2, -0.15) is 0 Å². The Labute approximate surface area is 126 Å². The van der Waals surface area contributed by atoms with Crippen LogP contribution in [0.15, 0.2) is 12.1 Å². The number of anilines is 1. The van der Waals surface area contributed by atoms with Crippen LogP contribution in [0.1, 0.15) is 26.3 Å². The summed E-state index contributed by atoms with van der Waals surface area (Å²) in [6.45, 7) is 7.09. The zero-order valence-corrected chi connectivity index (χ0v) is 13.1. The molecule has 2 aromatic rings. The normalized spacial score (nSPS) is 11.5. The summed E-state index contributed by atoms with van der Waals surface area (Å²) in [5.41, 5.74) is 0.956. The number of rotatable bonds is 2. The van der Waals surface area contributed by atoms with Gasteiger partial charge in [-0.25, -0.2) is 9.78 Å². The molecular formula is C13H17BN2O4S. The van der Waals surface area contributed by atoms with Crippen LogP contribution < -0.4 is 10.8 Å². The van der Waals surface area contributed by atoms with Crippen molar-refractivity contribution in [2.45, 2.75) is 33.3 Å². The first-order valence-electron chi connectivity index (χ1n) is 6.43. The van der Waals surface area contributed by atoms with E-state index in [-0.39, 0.29) is 0 Å². The maximum atomic E-state index is 11.7. The fraction of sp³-hybridized carbons (Fsp3) is 0.385. The van der Waals surface area contributed by atoms with Crippen LogP contribution in [0, 0.1) is 6.92 Å². The molecule has 0 spiro atoms. The molecule has 1 aromatic carbocycles. The van der Waals surface area contributed by atoms with Crippen molar-refractivity contribution in [3.05, 3.63) is 17.7 Å². The number of ether oxygens (including phenoxy) is 1.